The number of rotatable bonds is 3. The molecule has 4 nitrogen and oxygen atoms in total. The van der Waals surface area contributed by atoms with Crippen molar-refractivity contribution in [2.75, 3.05) is 13.2 Å². The maximum absolute atomic E-state index is 12.1. The molecule has 23 heavy (non-hydrogen) atoms. The van der Waals surface area contributed by atoms with Gasteiger partial charge in [-0.2, -0.15) is 0 Å². The van der Waals surface area contributed by atoms with Gasteiger partial charge in [-0.1, -0.05) is 26.7 Å². The number of carbonyl (C=O) groups is 1. The van der Waals surface area contributed by atoms with Gasteiger partial charge in [0.1, 0.15) is 6.10 Å². The zero-order valence-electron chi connectivity index (χ0n) is 14.7. The standard InChI is InChI=1S/C19H32O4/c1-13-3-5-15(6-4-13)16-7-9-17(10-8-16)23-18(20)19-21-11-14(2)12-22-19/h13-17,19H,3-12H2,1-2H3. The molecule has 1 aliphatic heterocycles. The smallest absolute Gasteiger partial charge is 0.363 e. The molecular formula is C19H32O4. The lowest BCUT2D eigenvalue weighted by molar-refractivity contribution is -0.224. The summed E-state index contributed by atoms with van der Waals surface area (Å²) in [5, 5.41) is 0. The maximum atomic E-state index is 12.1. The van der Waals surface area contributed by atoms with Crippen molar-refractivity contribution in [2.24, 2.45) is 23.7 Å². The van der Waals surface area contributed by atoms with Crippen LogP contribution in [0.15, 0.2) is 0 Å². The summed E-state index contributed by atoms with van der Waals surface area (Å²) in [5.74, 6) is 2.70. The van der Waals surface area contributed by atoms with E-state index in [-0.39, 0.29) is 12.1 Å². The van der Waals surface area contributed by atoms with E-state index in [9.17, 15) is 4.79 Å². The van der Waals surface area contributed by atoms with E-state index >= 15 is 0 Å². The van der Waals surface area contributed by atoms with Crippen molar-refractivity contribution in [1.82, 2.24) is 0 Å². The normalized spacial score (nSPS) is 42.2. The zero-order chi connectivity index (χ0) is 16.2. The largest absolute Gasteiger partial charge is 0.459 e. The second-order valence-corrected chi connectivity index (χ2v) is 8.10. The Morgan fingerprint density at radius 3 is 1.87 bits per heavy atom. The van der Waals surface area contributed by atoms with Crippen LogP contribution in [-0.4, -0.2) is 31.6 Å². The second kappa shape index (κ2) is 7.98. The molecule has 4 heteroatoms. The average Bonchev–Trinajstić information content (AvgIpc) is 2.57. The Morgan fingerprint density at radius 1 is 0.783 bits per heavy atom. The molecule has 0 radical (unpaired) electrons. The highest BCUT2D eigenvalue weighted by atomic mass is 16.7. The van der Waals surface area contributed by atoms with E-state index in [2.05, 4.69) is 13.8 Å². The lowest BCUT2D eigenvalue weighted by Crippen LogP contribution is -2.39. The van der Waals surface area contributed by atoms with Gasteiger partial charge in [-0.3, -0.25) is 0 Å². The van der Waals surface area contributed by atoms with Crippen LogP contribution in [0.3, 0.4) is 0 Å². The summed E-state index contributed by atoms with van der Waals surface area (Å²) >= 11 is 0. The van der Waals surface area contributed by atoms with E-state index < -0.39 is 6.29 Å². The first kappa shape index (κ1) is 17.2. The van der Waals surface area contributed by atoms with Gasteiger partial charge in [0, 0.05) is 5.92 Å². The monoisotopic (exact) mass is 324 g/mol. The van der Waals surface area contributed by atoms with Crippen LogP contribution in [0.2, 0.25) is 0 Å². The van der Waals surface area contributed by atoms with Crippen molar-refractivity contribution in [3.63, 3.8) is 0 Å². The zero-order valence-corrected chi connectivity index (χ0v) is 14.7. The third kappa shape index (κ3) is 4.69. The first-order valence-electron chi connectivity index (χ1n) is 9.55. The Morgan fingerprint density at radius 2 is 1.30 bits per heavy atom. The van der Waals surface area contributed by atoms with Crippen LogP contribution >= 0.6 is 0 Å². The van der Waals surface area contributed by atoms with Crippen molar-refractivity contribution in [3.05, 3.63) is 0 Å². The molecule has 0 unspecified atom stereocenters. The molecule has 0 atom stereocenters. The van der Waals surface area contributed by atoms with E-state index in [0.717, 1.165) is 30.6 Å². The number of ether oxygens (including phenoxy) is 3. The van der Waals surface area contributed by atoms with Crippen molar-refractivity contribution in [2.45, 2.75) is 77.6 Å². The highest BCUT2D eigenvalue weighted by Crippen LogP contribution is 2.40. The summed E-state index contributed by atoms with van der Waals surface area (Å²) in [5.41, 5.74) is 0. The predicted octanol–water partition coefficient (Wildman–Crippen LogP) is 3.92. The number of esters is 1. The SMILES string of the molecule is CC1CCC(C2CCC(OC(=O)C3OCC(C)CO3)CC2)CC1. The average molecular weight is 324 g/mol. The summed E-state index contributed by atoms with van der Waals surface area (Å²) in [6.07, 6.45) is 9.29. The van der Waals surface area contributed by atoms with E-state index in [0.29, 0.717) is 19.1 Å². The van der Waals surface area contributed by atoms with Crippen LogP contribution in [-0.2, 0) is 19.0 Å². The van der Waals surface area contributed by atoms with E-state index in [4.69, 9.17) is 14.2 Å². The minimum atomic E-state index is -0.802. The molecule has 2 aliphatic carbocycles. The van der Waals surface area contributed by atoms with Crippen LogP contribution in [0.25, 0.3) is 0 Å². The molecule has 0 N–H and O–H groups in total. The Balaban J connectivity index is 1.38. The third-order valence-electron chi connectivity index (χ3n) is 5.99. The topological polar surface area (TPSA) is 44.8 Å². The quantitative estimate of drug-likeness (QED) is 0.738. The summed E-state index contributed by atoms with van der Waals surface area (Å²) in [6.45, 7) is 5.58. The maximum Gasteiger partial charge on any atom is 0.363 e. The summed E-state index contributed by atoms with van der Waals surface area (Å²) in [4.78, 5) is 12.1. The van der Waals surface area contributed by atoms with Gasteiger partial charge in [-0.25, -0.2) is 4.79 Å². The summed E-state index contributed by atoms with van der Waals surface area (Å²) in [6, 6.07) is 0. The fourth-order valence-corrected chi connectivity index (χ4v) is 4.39. The molecule has 0 aromatic carbocycles. The van der Waals surface area contributed by atoms with Crippen LogP contribution in [0.1, 0.15) is 65.2 Å². The molecular weight excluding hydrogens is 292 g/mol. The molecule has 3 fully saturated rings. The molecule has 3 rings (SSSR count). The van der Waals surface area contributed by atoms with Crippen LogP contribution < -0.4 is 0 Å². The predicted molar refractivity (Wildman–Crippen MR) is 87.8 cm³/mol. The Labute approximate surface area is 140 Å². The van der Waals surface area contributed by atoms with Gasteiger partial charge in [0.2, 0.25) is 0 Å². The molecule has 0 bridgehead atoms. The highest BCUT2D eigenvalue weighted by molar-refractivity contribution is 5.73. The van der Waals surface area contributed by atoms with E-state index in [1.807, 2.05) is 0 Å². The fourth-order valence-electron chi connectivity index (χ4n) is 4.39. The minimum absolute atomic E-state index is 0.0628. The van der Waals surface area contributed by atoms with Gasteiger partial charge in [-0.15, -0.1) is 0 Å². The van der Waals surface area contributed by atoms with Crippen molar-refractivity contribution in [1.29, 1.82) is 0 Å². The number of carbonyl (C=O) groups excluding carboxylic acids is 1. The van der Waals surface area contributed by atoms with E-state index in [1.54, 1.807) is 0 Å². The molecule has 1 heterocycles. The first-order chi connectivity index (χ1) is 11.1. The Hall–Kier alpha value is -0.610. The van der Waals surface area contributed by atoms with Crippen LogP contribution in [0.4, 0.5) is 0 Å². The molecule has 1 saturated heterocycles. The highest BCUT2D eigenvalue weighted by Gasteiger charge is 2.33. The van der Waals surface area contributed by atoms with Gasteiger partial charge in [-0.05, 0) is 56.3 Å². The lowest BCUT2D eigenvalue weighted by atomic mass is 9.71. The van der Waals surface area contributed by atoms with Crippen molar-refractivity contribution < 1.29 is 19.0 Å². The third-order valence-corrected chi connectivity index (χ3v) is 5.99. The minimum Gasteiger partial charge on any atom is -0.459 e. The van der Waals surface area contributed by atoms with Gasteiger partial charge >= 0.3 is 5.97 Å². The van der Waals surface area contributed by atoms with Gasteiger partial charge < -0.3 is 14.2 Å². The van der Waals surface area contributed by atoms with Crippen molar-refractivity contribution >= 4 is 5.97 Å². The van der Waals surface area contributed by atoms with Crippen LogP contribution in [0.5, 0.6) is 0 Å². The van der Waals surface area contributed by atoms with Gasteiger partial charge in [0.05, 0.1) is 13.2 Å². The summed E-state index contributed by atoms with van der Waals surface area (Å²) < 4.78 is 16.5. The Bertz CT molecular complexity index is 373. The molecule has 3 aliphatic rings. The summed E-state index contributed by atoms with van der Waals surface area (Å²) in [7, 11) is 0. The lowest BCUT2D eigenvalue weighted by Gasteiger charge is -2.37. The van der Waals surface area contributed by atoms with Gasteiger partial charge in [0.15, 0.2) is 0 Å². The molecule has 0 amide bonds. The molecule has 0 aromatic rings. The Kier molecular flexibility index (Phi) is 5.97. The number of hydrogen-bond acceptors (Lipinski definition) is 4. The fraction of sp³-hybridized carbons (Fsp3) is 0.947. The molecule has 0 aromatic heterocycles. The first-order valence-corrected chi connectivity index (χ1v) is 9.55. The van der Waals surface area contributed by atoms with Crippen molar-refractivity contribution in [3.8, 4) is 0 Å². The van der Waals surface area contributed by atoms with Crippen LogP contribution in [0, 0.1) is 23.7 Å². The number of hydrogen-bond donors (Lipinski definition) is 0. The molecule has 0 spiro atoms. The molecule has 2 saturated carbocycles. The van der Waals surface area contributed by atoms with E-state index in [1.165, 1.54) is 38.5 Å². The van der Waals surface area contributed by atoms with Gasteiger partial charge in [0.25, 0.3) is 6.29 Å². The second-order valence-electron chi connectivity index (χ2n) is 8.10. The molecule has 132 valence electrons.